The summed E-state index contributed by atoms with van der Waals surface area (Å²) in [6, 6.07) is 19.1. The van der Waals surface area contributed by atoms with E-state index in [0.29, 0.717) is 37.7 Å². The van der Waals surface area contributed by atoms with Crippen molar-refractivity contribution in [3.05, 3.63) is 72.7 Å². The molecule has 168 valence electrons. The zero-order valence-corrected chi connectivity index (χ0v) is 19.0. The Labute approximate surface area is 195 Å². The monoisotopic (exact) mass is 461 g/mol. The van der Waals surface area contributed by atoms with Crippen LogP contribution in [0.1, 0.15) is 17.5 Å². The molecule has 1 aliphatic rings. The van der Waals surface area contributed by atoms with Gasteiger partial charge in [-0.15, -0.1) is 11.3 Å². The van der Waals surface area contributed by atoms with E-state index in [9.17, 15) is 9.59 Å². The molecule has 4 aromatic rings. The second-order valence-corrected chi connectivity index (χ2v) is 8.90. The highest BCUT2D eigenvalue weighted by atomic mass is 32.1. The van der Waals surface area contributed by atoms with Crippen molar-refractivity contribution < 1.29 is 18.7 Å². The van der Waals surface area contributed by atoms with Gasteiger partial charge in [-0.2, -0.15) is 0 Å². The van der Waals surface area contributed by atoms with Crippen LogP contribution in [0.15, 0.2) is 71.3 Å². The molecule has 1 saturated heterocycles. The van der Waals surface area contributed by atoms with E-state index in [1.165, 1.54) is 6.26 Å². The smallest absolute Gasteiger partial charge is 0.289 e. The van der Waals surface area contributed by atoms with Crippen LogP contribution in [-0.4, -0.2) is 58.9 Å². The Hall–Kier alpha value is -3.65. The first-order valence-corrected chi connectivity index (χ1v) is 11.6. The molecule has 2 aromatic carbocycles. The zero-order valence-electron chi connectivity index (χ0n) is 18.1. The number of thiazole rings is 1. The number of ether oxygens (including phenoxy) is 1. The molecule has 1 atom stereocenters. The van der Waals surface area contributed by atoms with Crippen LogP contribution in [0.3, 0.4) is 0 Å². The van der Waals surface area contributed by atoms with Crippen molar-refractivity contribution in [3.63, 3.8) is 0 Å². The number of fused-ring (bicyclic) bond motifs is 1. The summed E-state index contributed by atoms with van der Waals surface area (Å²) in [4.78, 5) is 33.4. The predicted molar refractivity (Wildman–Crippen MR) is 126 cm³/mol. The Kier molecular flexibility index (Phi) is 5.83. The number of hydrogen-bond donors (Lipinski definition) is 0. The van der Waals surface area contributed by atoms with Gasteiger partial charge in [-0.1, -0.05) is 12.1 Å². The summed E-state index contributed by atoms with van der Waals surface area (Å²) in [6.07, 6.45) is 0.864. The molecule has 7 nitrogen and oxygen atoms in total. The van der Waals surface area contributed by atoms with Crippen LogP contribution in [-0.2, 0) is 4.79 Å². The summed E-state index contributed by atoms with van der Waals surface area (Å²) in [5.74, 6) is 0.716. The maximum absolute atomic E-state index is 12.9. The van der Waals surface area contributed by atoms with Crippen molar-refractivity contribution >= 4 is 33.4 Å². The molecule has 1 fully saturated rings. The topological polar surface area (TPSA) is 75.9 Å². The lowest BCUT2D eigenvalue weighted by Crippen LogP contribution is -2.53. The number of benzene rings is 2. The fourth-order valence-electron chi connectivity index (χ4n) is 3.87. The van der Waals surface area contributed by atoms with Gasteiger partial charge in [0.1, 0.15) is 10.8 Å². The third-order valence-corrected chi connectivity index (χ3v) is 6.75. The predicted octanol–water partition coefficient (Wildman–Crippen LogP) is 4.31. The van der Waals surface area contributed by atoms with Gasteiger partial charge in [0.05, 0.1) is 16.5 Å². The molecule has 0 unspecified atom stereocenters. The van der Waals surface area contributed by atoms with Crippen molar-refractivity contribution in [1.82, 2.24) is 14.8 Å². The number of piperazine rings is 1. The van der Waals surface area contributed by atoms with Gasteiger partial charge in [-0.25, -0.2) is 4.98 Å². The summed E-state index contributed by atoms with van der Waals surface area (Å²) < 4.78 is 12.2. The number of aromatic nitrogens is 1. The number of carbonyl (C=O) groups is 2. The van der Waals surface area contributed by atoms with E-state index in [1.807, 2.05) is 42.5 Å². The number of nitrogens with zero attached hydrogens (tertiary/aromatic N) is 3. The van der Waals surface area contributed by atoms with Crippen LogP contribution in [0.4, 0.5) is 0 Å². The minimum absolute atomic E-state index is 0.0876. The molecule has 33 heavy (non-hydrogen) atoms. The molecule has 0 bridgehead atoms. The number of carbonyl (C=O) groups excluding carboxylic acids is 2. The molecule has 5 rings (SSSR count). The van der Waals surface area contributed by atoms with Crippen molar-refractivity contribution in [2.45, 2.75) is 13.0 Å². The molecule has 3 heterocycles. The number of rotatable bonds is 5. The lowest BCUT2D eigenvalue weighted by molar-refractivity contribution is -0.139. The summed E-state index contributed by atoms with van der Waals surface area (Å²) in [5.41, 5.74) is 2.00. The van der Waals surface area contributed by atoms with Gasteiger partial charge in [0.15, 0.2) is 11.9 Å². The van der Waals surface area contributed by atoms with E-state index in [4.69, 9.17) is 9.15 Å². The summed E-state index contributed by atoms with van der Waals surface area (Å²) >= 11 is 1.65. The van der Waals surface area contributed by atoms with E-state index in [2.05, 4.69) is 11.1 Å². The fraction of sp³-hybridized carbons (Fsp3) is 0.240. The van der Waals surface area contributed by atoms with Crippen LogP contribution in [0, 0.1) is 0 Å². The van der Waals surface area contributed by atoms with E-state index >= 15 is 0 Å². The molecule has 0 spiro atoms. The largest absolute Gasteiger partial charge is 0.481 e. The van der Waals surface area contributed by atoms with Crippen LogP contribution in [0.5, 0.6) is 5.75 Å². The minimum atomic E-state index is -0.620. The molecule has 0 aliphatic carbocycles. The molecule has 8 heteroatoms. The highest BCUT2D eigenvalue weighted by Crippen LogP contribution is 2.31. The molecule has 0 N–H and O–H groups in total. The van der Waals surface area contributed by atoms with Crippen LogP contribution in [0.25, 0.3) is 20.8 Å². The Morgan fingerprint density at radius 2 is 1.70 bits per heavy atom. The Balaban J connectivity index is 1.17. The lowest BCUT2D eigenvalue weighted by Gasteiger charge is -2.35. The van der Waals surface area contributed by atoms with Crippen molar-refractivity contribution in [3.8, 4) is 16.3 Å². The molecule has 2 amide bonds. The van der Waals surface area contributed by atoms with E-state index in [0.717, 1.165) is 20.8 Å². The molecule has 2 aromatic heterocycles. The van der Waals surface area contributed by atoms with Crippen LogP contribution in [0.2, 0.25) is 0 Å². The van der Waals surface area contributed by atoms with Crippen molar-refractivity contribution in [1.29, 1.82) is 0 Å². The third kappa shape index (κ3) is 4.47. The normalized spacial score (nSPS) is 14.9. The Morgan fingerprint density at radius 3 is 2.39 bits per heavy atom. The molecule has 1 aliphatic heterocycles. The zero-order chi connectivity index (χ0) is 22.8. The maximum Gasteiger partial charge on any atom is 0.289 e. The average molecular weight is 462 g/mol. The molecular formula is C25H23N3O4S. The first-order chi connectivity index (χ1) is 16.1. The quantitative estimate of drug-likeness (QED) is 0.443. The van der Waals surface area contributed by atoms with Crippen LogP contribution < -0.4 is 4.74 Å². The summed E-state index contributed by atoms with van der Waals surface area (Å²) in [5, 5.41) is 0.953. The first-order valence-electron chi connectivity index (χ1n) is 10.8. The van der Waals surface area contributed by atoms with E-state index < -0.39 is 6.10 Å². The van der Waals surface area contributed by atoms with Gasteiger partial charge < -0.3 is 19.0 Å². The van der Waals surface area contributed by atoms with Gasteiger partial charge in [0.2, 0.25) is 0 Å². The van der Waals surface area contributed by atoms with Gasteiger partial charge >= 0.3 is 0 Å². The summed E-state index contributed by atoms with van der Waals surface area (Å²) in [6.45, 7) is 3.62. The molecule has 0 saturated carbocycles. The Morgan fingerprint density at radius 1 is 0.970 bits per heavy atom. The minimum Gasteiger partial charge on any atom is -0.481 e. The maximum atomic E-state index is 12.9. The highest BCUT2D eigenvalue weighted by molar-refractivity contribution is 7.21. The lowest BCUT2D eigenvalue weighted by atomic mass is 10.2. The SMILES string of the molecule is C[C@H](Oc1ccc(-c2nc3ccccc3s2)cc1)C(=O)N1CCN(C(=O)c2ccco2)CC1. The fourth-order valence-corrected chi connectivity index (χ4v) is 4.84. The number of para-hydroxylation sites is 1. The van der Waals surface area contributed by atoms with Gasteiger partial charge in [-0.05, 0) is 55.5 Å². The third-order valence-electron chi connectivity index (χ3n) is 5.67. The van der Waals surface area contributed by atoms with Crippen LogP contribution >= 0.6 is 11.3 Å². The molecular weight excluding hydrogens is 438 g/mol. The van der Waals surface area contributed by atoms with E-state index in [-0.39, 0.29) is 11.8 Å². The van der Waals surface area contributed by atoms with Gasteiger partial charge in [-0.3, -0.25) is 9.59 Å². The number of hydrogen-bond acceptors (Lipinski definition) is 6. The van der Waals surface area contributed by atoms with E-state index in [1.54, 1.807) is 40.2 Å². The second-order valence-electron chi connectivity index (χ2n) is 7.87. The number of amides is 2. The van der Waals surface area contributed by atoms with Crippen molar-refractivity contribution in [2.75, 3.05) is 26.2 Å². The van der Waals surface area contributed by atoms with Gasteiger partial charge in [0, 0.05) is 31.7 Å². The highest BCUT2D eigenvalue weighted by Gasteiger charge is 2.29. The standard InChI is InChI=1S/C25H23N3O4S/c1-17(24(29)27-12-14-28(15-13-27)25(30)21-6-4-16-31-21)32-19-10-8-18(9-11-19)23-26-20-5-2-3-7-22(20)33-23/h2-11,16-17H,12-15H2,1H3/t17-/m0/s1. The Bertz CT molecular complexity index is 1230. The second kappa shape index (κ2) is 9.07. The summed E-state index contributed by atoms with van der Waals surface area (Å²) in [7, 11) is 0. The number of furan rings is 1. The average Bonchev–Trinajstić information content (AvgIpc) is 3.54. The molecule has 0 radical (unpaired) electrons. The first kappa shape index (κ1) is 21.2. The van der Waals surface area contributed by atoms with Gasteiger partial charge in [0.25, 0.3) is 11.8 Å². The van der Waals surface area contributed by atoms with Crippen molar-refractivity contribution in [2.24, 2.45) is 0 Å².